The van der Waals surface area contributed by atoms with Crippen molar-refractivity contribution in [2.45, 2.75) is 32.2 Å². The first-order valence-corrected chi connectivity index (χ1v) is 6.05. The number of non-ortho nitro benzene ring substituents is 1. The van der Waals surface area contributed by atoms with Gasteiger partial charge in [-0.1, -0.05) is 12.1 Å². The minimum atomic E-state index is -0.396. The van der Waals surface area contributed by atoms with E-state index in [-0.39, 0.29) is 24.1 Å². The van der Waals surface area contributed by atoms with Crippen LogP contribution < -0.4 is 5.32 Å². The van der Waals surface area contributed by atoms with Crippen LogP contribution in [0.1, 0.15) is 25.5 Å². The molecule has 0 amide bonds. The van der Waals surface area contributed by atoms with E-state index in [0.29, 0.717) is 0 Å². The number of hydrogen-bond acceptors (Lipinski definition) is 5. The van der Waals surface area contributed by atoms with Crippen LogP contribution in [-0.4, -0.2) is 31.5 Å². The van der Waals surface area contributed by atoms with E-state index in [1.54, 1.807) is 26.4 Å². The van der Waals surface area contributed by atoms with E-state index in [0.717, 1.165) is 5.56 Å². The monoisotopic (exact) mass is 268 g/mol. The zero-order valence-electron chi connectivity index (χ0n) is 11.6. The van der Waals surface area contributed by atoms with E-state index in [1.165, 1.54) is 6.07 Å². The molecule has 0 saturated heterocycles. The normalized spacial score (nSPS) is 14.4. The second-order valence-electron chi connectivity index (χ2n) is 4.37. The van der Waals surface area contributed by atoms with Crippen LogP contribution in [0.25, 0.3) is 0 Å². The van der Waals surface area contributed by atoms with Crippen LogP contribution in [0.3, 0.4) is 0 Å². The third-order valence-corrected chi connectivity index (χ3v) is 2.97. The summed E-state index contributed by atoms with van der Waals surface area (Å²) in [6.45, 7) is 3.88. The molecular weight excluding hydrogens is 248 g/mol. The number of benzene rings is 1. The number of rotatable bonds is 7. The van der Waals surface area contributed by atoms with Crippen molar-refractivity contribution in [2.75, 3.05) is 14.2 Å². The van der Waals surface area contributed by atoms with Crippen molar-refractivity contribution in [3.8, 4) is 0 Å². The average Bonchev–Trinajstić information content (AvgIpc) is 2.40. The molecule has 0 spiro atoms. The molecule has 106 valence electrons. The minimum Gasteiger partial charge on any atom is -0.354 e. The SMILES string of the molecule is COC(OC)C(C)NC(C)c1cccc([N+](=O)[O-])c1. The van der Waals surface area contributed by atoms with Crippen molar-refractivity contribution >= 4 is 5.69 Å². The summed E-state index contributed by atoms with van der Waals surface area (Å²) >= 11 is 0. The van der Waals surface area contributed by atoms with Crippen LogP contribution in [0.15, 0.2) is 24.3 Å². The molecule has 2 unspecified atom stereocenters. The van der Waals surface area contributed by atoms with E-state index < -0.39 is 4.92 Å². The summed E-state index contributed by atoms with van der Waals surface area (Å²) in [4.78, 5) is 10.3. The molecule has 0 saturated carbocycles. The van der Waals surface area contributed by atoms with E-state index >= 15 is 0 Å². The lowest BCUT2D eigenvalue weighted by Crippen LogP contribution is -2.40. The molecule has 1 N–H and O–H groups in total. The number of ether oxygens (including phenoxy) is 2. The van der Waals surface area contributed by atoms with Crippen LogP contribution >= 0.6 is 0 Å². The van der Waals surface area contributed by atoms with Crippen molar-refractivity contribution in [3.63, 3.8) is 0 Å². The molecule has 19 heavy (non-hydrogen) atoms. The molecule has 0 aliphatic rings. The first kappa shape index (κ1) is 15.6. The summed E-state index contributed by atoms with van der Waals surface area (Å²) in [5.41, 5.74) is 0.945. The first-order valence-electron chi connectivity index (χ1n) is 6.05. The highest BCUT2D eigenvalue weighted by Crippen LogP contribution is 2.19. The lowest BCUT2D eigenvalue weighted by atomic mass is 10.1. The van der Waals surface area contributed by atoms with Gasteiger partial charge in [0.25, 0.3) is 5.69 Å². The molecule has 0 fully saturated rings. The number of nitro benzene ring substituents is 1. The molecule has 6 nitrogen and oxygen atoms in total. The highest BCUT2D eigenvalue weighted by atomic mass is 16.7. The molecule has 0 bridgehead atoms. The highest BCUT2D eigenvalue weighted by Gasteiger charge is 2.19. The molecule has 0 aliphatic heterocycles. The Labute approximate surface area is 112 Å². The zero-order chi connectivity index (χ0) is 14.4. The molecule has 2 atom stereocenters. The second kappa shape index (κ2) is 7.18. The molecule has 0 aromatic heterocycles. The molecule has 0 heterocycles. The van der Waals surface area contributed by atoms with Gasteiger partial charge in [-0.2, -0.15) is 0 Å². The fourth-order valence-electron chi connectivity index (χ4n) is 1.98. The van der Waals surface area contributed by atoms with Gasteiger partial charge in [0.2, 0.25) is 0 Å². The van der Waals surface area contributed by atoms with Crippen molar-refractivity contribution in [2.24, 2.45) is 0 Å². The van der Waals surface area contributed by atoms with Crippen LogP contribution in [0, 0.1) is 10.1 Å². The quantitative estimate of drug-likeness (QED) is 0.466. The van der Waals surface area contributed by atoms with Crippen molar-refractivity contribution in [1.29, 1.82) is 0 Å². The largest absolute Gasteiger partial charge is 0.354 e. The predicted octanol–water partition coefficient (Wildman–Crippen LogP) is 2.25. The molecule has 1 rings (SSSR count). The van der Waals surface area contributed by atoms with Gasteiger partial charge in [0, 0.05) is 32.4 Å². The Morgan fingerprint density at radius 3 is 2.42 bits per heavy atom. The Morgan fingerprint density at radius 1 is 1.26 bits per heavy atom. The van der Waals surface area contributed by atoms with Crippen molar-refractivity contribution < 1.29 is 14.4 Å². The van der Waals surface area contributed by atoms with Gasteiger partial charge in [0.1, 0.15) is 0 Å². The summed E-state index contributed by atoms with van der Waals surface area (Å²) < 4.78 is 10.3. The fraction of sp³-hybridized carbons (Fsp3) is 0.538. The highest BCUT2D eigenvalue weighted by molar-refractivity contribution is 5.35. The predicted molar refractivity (Wildman–Crippen MR) is 71.9 cm³/mol. The van der Waals surface area contributed by atoms with E-state index in [4.69, 9.17) is 9.47 Å². The van der Waals surface area contributed by atoms with Crippen molar-refractivity contribution in [1.82, 2.24) is 5.32 Å². The molecular formula is C13H20N2O4. The van der Waals surface area contributed by atoms with Gasteiger partial charge in [-0.3, -0.25) is 10.1 Å². The maximum Gasteiger partial charge on any atom is 0.269 e. The van der Waals surface area contributed by atoms with Gasteiger partial charge in [-0.25, -0.2) is 0 Å². The van der Waals surface area contributed by atoms with Crippen LogP contribution in [0.5, 0.6) is 0 Å². The number of nitro groups is 1. The third-order valence-electron chi connectivity index (χ3n) is 2.97. The molecule has 0 aliphatic carbocycles. The zero-order valence-corrected chi connectivity index (χ0v) is 11.6. The van der Waals surface area contributed by atoms with Crippen molar-refractivity contribution in [3.05, 3.63) is 39.9 Å². The topological polar surface area (TPSA) is 73.6 Å². The maximum absolute atomic E-state index is 10.7. The second-order valence-corrected chi connectivity index (χ2v) is 4.37. The standard InChI is InChI=1S/C13H20N2O4/c1-9(14-10(2)13(18-3)19-4)11-6-5-7-12(8-11)15(16)17/h5-10,13-14H,1-4H3. The Balaban J connectivity index is 2.75. The molecule has 1 aromatic carbocycles. The van der Waals surface area contributed by atoms with Crippen LogP contribution in [0.2, 0.25) is 0 Å². The van der Waals surface area contributed by atoms with Gasteiger partial charge in [-0.05, 0) is 19.4 Å². The van der Waals surface area contributed by atoms with Gasteiger partial charge in [-0.15, -0.1) is 0 Å². The lowest BCUT2D eigenvalue weighted by Gasteiger charge is -2.25. The summed E-state index contributed by atoms with van der Waals surface area (Å²) in [6, 6.07) is 6.50. The maximum atomic E-state index is 10.7. The summed E-state index contributed by atoms with van der Waals surface area (Å²) in [5, 5.41) is 14.0. The lowest BCUT2D eigenvalue weighted by molar-refractivity contribution is -0.384. The Kier molecular flexibility index (Phi) is 5.88. The van der Waals surface area contributed by atoms with Gasteiger partial charge in [0.15, 0.2) is 6.29 Å². The van der Waals surface area contributed by atoms with Gasteiger partial charge < -0.3 is 14.8 Å². The van der Waals surface area contributed by atoms with E-state index in [9.17, 15) is 10.1 Å². The fourth-order valence-corrected chi connectivity index (χ4v) is 1.98. The average molecular weight is 268 g/mol. The number of nitrogens with zero attached hydrogens (tertiary/aromatic N) is 1. The van der Waals surface area contributed by atoms with Gasteiger partial charge in [0.05, 0.1) is 11.0 Å². The van der Waals surface area contributed by atoms with Crippen LogP contribution in [0.4, 0.5) is 5.69 Å². The Morgan fingerprint density at radius 2 is 1.89 bits per heavy atom. The van der Waals surface area contributed by atoms with Crippen LogP contribution in [-0.2, 0) is 9.47 Å². The summed E-state index contributed by atoms with van der Waals surface area (Å²) in [7, 11) is 3.15. The number of methoxy groups -OCH3 is 2. The molecule has 1 aromatic rings. The summed E-state index contributed by atoms with van der Waals surface area (Å²) in [6.07, 6.45) is -0.360. The first-order chi connectivity index (χ1) is 8.99. The number of nitrogens with one attached hydrogen (secondary N) is 1. The minimum absolute atomic E-state index is 0.0377. The summed E-state index contributed by atoms with van der Waals surface area (Å²) in [5.74, 6) is 0. The Hall–Kier alpha value is -1.50. The van der Waals surface area contributed by atoms with E-state index in [1.807, 2.05) is 19.9 Å². The number of hydrogen-bond donors (Lipinski definition) is 1. The molecule has 0 radical (unpaired) electrons. The molecule has 6 heteroatoms. The van der Waals surface area contributed by atoms with Gasteiger partial charge >= 0.3 is 0 Å². The smallest absolute Gasteiger partial charge is 0.269 e. The van der Waals surface area contributed by atoms with E-state index in [2.05, 4.69) is 5.32 Å². The third kappa shape index (κ3) is 4.27. The Bertz CT molecular complexity index is 421.